The lowest BCUT2D eigenvalue weighted by Crippen LogP contribution is -2.52. The van der Waals surface area contributed by atoms with Crippen LogP contribution in [0.15, 0.2) is 24.3 Å². The molecule has 0 aromatic heterocycles. The van der Waals surface area contributed by atoms with Crippen LogP contribution < -0.4 is 16.4 Å². The van der Waals surface area contributed by atoms with Crippen LogP contribution in [0.25, 0.3) is 0 Å². The van der Waals surface area contributed by atoms with Gasteiger partial charge in [-0.3, -0.25) is 9.59 Å². The molecule has 0 bridgehead atoms. The van der Waals surface area contributed by atoms with E-state index in [1.54, 1.807) is 24.3 Å². The topological polar surface area (TPSA) is 84.2 Å². The number of amides is 2. The lowest BCUT2D eigenvalue weighted by molar-refractivity contribution is -0.124. The van der Waals surface area contributed by atoms with Crippen molar-refractivity contribution in [2.75, 3.05) is 6.54 Å². The Morgan fingerprint density at radius 1 is 1.21 bits per heavy atom. The Labute approximate surface area is 148 Å². The SMILES string of the molecule is CC(C)CC(NC(=O)c1ccc(Cl)cc1)C(=O)NC(CN)C1CC1. The summed E-state index contributed by atoms with van der Waals surface area (Å²) in [7, 11) is 0. The van der Waals surface area contributed by atoms with Gasteiger partial charge >= 0.3 is 0 Å². The van der Waals surface area contributed by atoms with Crippen molar-refractivity contribution in [3.8, 4) is 0 Å². The molecule has 5 nitrogen and oxygen atoms in total. The van der Waals surface area contributed by atoms with Crippen LogP contribution in [-0.4, -0.2) is 30.4 Å². The fourth-order valence-electron chi connectivity index (χ4n) is 2.70. The Balaban J connectivity index is 2.02. The number of rotatable bonds is 8. The van der Waals surface area contributed by atoms with Crippen molar-refractivity contribution in [2.45, 2.75) is 45.2 Å². The van der Waals surface area contributed by atoms with E-state index in [1.165, 1.54) is 0 Å². The summed E-state index contributed by atoms with van der Waals surface area (Å²) in [5, 5.41) is 6.41. The van der Waals surface area contributed by atoms with Gasteiger partial charge in [0.05, 0.1) is 0 Å². The smallest absolute Gasteiger partial charge is 0.251 e. The Kier molecular flexibility index (Phi) is 6.63. The number of carbonyl (C=O) groups is 2. The minimum Gasteiger partial charge on any atom is -0.350 e. The maximum atomic E-state index is 12.6. The Morgan fingerprint density at radius 3 is 2.33 bits per heavy atom. The van der Waals surface area contributed by atoms with Crippen LogP contribution in [0.5, 0.6) is 0 Å². The van der Waals surface area contributed by atoms with Gasteiger partial charge in [0.15, 0.2) is 0 Å². The van der Waals surface area contributed by atoms with Gasteiger partial charge in [-0.1, -0.05) is 25.4 Å². The molecule has 2 rings (SSSR count). The fraction of sp³-hybridized carbons (Fsp3) is 0.556. The molecular weight excluding hydrogens is 326 g/mol. The number of benzene rings is 1. The lowest BCUT2D eigenvalue weighted by atomic mass is 10.0. The van der Waals surface area contributed by atoms with E-state index in [1.807, 2.05) is 13.8 Å². The van der Waals surface area contributed by atoms with Gasteiger partial charge < -0.3 is 16.4 Å². The van der Waals surface area contributed by atoms with E-state index in [0.717, 1.165) is 12.8 Å². The first-order valence-electron chi connectivity index (χ1n) is 8.47. The molecule has 1 aliphatic rings. The first-order valence-corrected chi connectivity index (χ1v) is 8.85. The molecular formula is C18H26ClN3O2. The summed E-state index contributed by atoms with van der Waals surface area (Å²) < 4.78 is 0. The minimum atomic E-state index is -0.569. The second-order valence-corrected chi connectivity index (χ2v) is 7.29. The normalized spacial score (nSPS) is 16.5. The molecule has 0 saturated heterocycles. The van der Waals surface area contributed by atoms with Gasteiger partial charge in [0, 0.05) is 23.2 Å². The maximum Gasteiger partial charge on any atom is 0.251 e. The summed E-state index contributed by atoms with van der Waals surface area (Å²) in [5.74, 6) is 0.325. The van der Waals surface area contributed by atoms with E-state index in [9.17, 15) is 9.59 Å². The van der Waals surface area contributed by atoms with Crippen molar-refractivity contribution >= 4 is 23.4 Å². The third-order valence-corrected chi connectivity index (χ3v) is 4.46. The first-order chi connectivity index (χ1) is 11.4. The van der Waals surface area contributed by atoms with Crippen LogP contribution in [0, 0.1) is 11.8 Å². The Bertz CT molecular complexity index is 570. The number of nitrogens with one attached hydrogen (secondary N) is 2. The largest absolute Gasteiger partial charge is 0.350 e. The maximum absolute atomic E-state index is 12.6. The van der Waals surface area contributed by atoms with E-state index in [2.05, 4.69) is 10.6 Å². The van der Waals surface area contributed by atoms with E-state index in [4.69, 9.17) is 17.3 Å². The molecule has 1 aliphatic carbocycles. The van der Waals surface area contributed by atoms with Crippen LogP contribution in [0.2, 0.25) is 5.02 Å². The van der Waals surface area contributed by atoms with Crippen LogP contribution in [0.4, 0.5) is 0 Å². The summed E-state index contributed by atoms with van der Waals surface area (Å²) in [6.07, 6.45) is 2.79. The molecule has 0 spiro atoms. The van der Waals surface area contributed by atoms with Crippen molar-refractivity contribution in [3.63, 3.8) is 0 Å². The van der Waals surface area contributed by atoms with Crippen molar-refractivity contribution in [1.29, 1.82) is 0 Å². The third-order valence-electron chi connectivity index (χ3n) is 4.21. The van der Waals surface area contributed by atoms with E-state index in [0.29, 0.717) is 29.5 Å². The van der Waals surface area contributed by atoms with E-state index < -0.39 is 6.04 Å². The fourth-order valence-corrected chi connectivity index (χ4v) is 2.82. The number of halogens is 1. The molecule has 2 unspecified atom stereocenters. The summed E-state index contributed by atoms with van der Waals surface area (Å²) in [6.45, 7) is 4.47. The number of carbonyl (C=O) groups excluding carboxylic acids is 2. The Hall–Kier alpha value is -1.59. The van der Waals surface area contributed by atoms with E-state index in [-0.39, 0.29) is 23.8 Å². The van der Waals surface area contributed by atoms with Crippen LogP contribution in [0.1, 0.15) is 43.5 Å². The molecule has 0 heterocycles. The molecule has 2 atom stereocenters. The van der Waals surface area contributed by atoms with Gasteiger partial charge in [-0.25, -0.2) is 0 Å². The van der Waals surface area contributed by atoms with Crippen molar-refractivity contribution in [1.82, 2.24) is 10.6 Å². The van der Waals surface area contributed by atoms with Gasteiger partial charge in [-0.2, -0.15) is 0 Å². The monoisotopic (exact) mass is 351 g/mol. The molecule has 2 amide bonds. The van der Waals surface area contributed by atoms with Crippen LogP contribution >= 0.6 is 11.6 Å². The average Bonchev–Trinajstić information content (AvgIpc) is 3.36. The van der Waals surface area contributed by atoms with Crippen LogP contribution in [-0.2, 0) is 4.79 Å². The van der Waals surface area contributed by atoms with Crippen molar-refractivity contribution in [2.24, 2.45) is 17.6 Å². The standard InChI is InChI=1S/C18H26ClN3O2/c1-11(2)9-15(18(24)22-16(10-20)12-3-4-12)21-17(23)13-5-7-14(19)8-6-13/h5-8,11-12,15-16H,3-4,9-10,20H2,1-2H3,(H,21,23)(H,22,24). The van der Waals surface area contributed by atoms with Crippen molar-refractivity contribution in [3.05, 3.63) is 34.9 Å². The average molecular weight is 352 g/mol. The zero-order valence-corrected chi connectivity index (χ0v) is 15.0. The molecule has 132 valence electrons. The van der Waals surface area contributed by atoms with E-state index >= 15 is 0 Å². The molecule has 1 aromatic carbocycles. The molecule has 1 aromatic rings. The molecule has 0 radical (unpaired) electrons. The minimum absolute atomic E-state index is 0.000374. The predicted octanol–water partition coefficient (Wildman–Crippen LogP) is 2.34. The lowest BCUT2D eigenvalue weighted by Gasteiger charge is -2.24. The molecule has 24 heavy (non-hydrogen) atoms. The number of hydrogen-bond donors (Lipinski definition) is 3. The van der Waals surface area contributed by atoms with Gasteiger partial charge in [0.2, 0.25) is 5.91 Å². The van der Waals surface area contributed by atoms with Crippen LogP contribution in [0.3, 0.4) is 0 Å². The van der Waals surface area contributed by atoms with Gasteiger partial charge in [0.1, 0.15) is 6.04 Å². The number of hydrogen-bond acceptors (Lipinski definition) is 3. The second-order valence-electron chi connectivity index (χ2n) is 6.85. The molecule has 1 fully saturated rings. The van der Waals surface area contributed by atoms with Crippen molar-refractivity contribution < 1.29 is 9.59 Å². The summed E-state index contributed by atoms with van der Waals surface area (Å²) in [6, 6.07) is 6.04. The highest BCUT2D eigenvalue weighted by atomic mass is 35.5. The highest BCUT2D eigenvalue weighted by Crippen LogP contribution is 2.32. The Morgan fingerprint density at radius 2 is 1.83 bits per heavy atom. The number of nitrogens with two attached hydrogens (primary N) is 1. The van der Waals surface area contributed by atoms with Gasteiger partial charge in [0.25, 0.3) is 5.91 Å². The molecule has 4 N–H and O–H groups in total. The quantitative estimate of drug-likeness (QED) is 0.672. The van der Waals surface area contributed by atoms with Gasteiger partial charge in [-0.15, -0.1) is 0 Å². The second kappa shape index (κ2) is 8.49. The molecule has 1 saturated carbocycles. The third kappa shape index (κ3) is 5.49. The summed E-state index contributed by atoms with van der Waals surface area (Å²) in [5.41, 5.74) is 6.24. The highest BCUT2D eigenvalue weighted by Gasteiger charge is 2.33. The molecule has 6 heteroatoms. The summed E-state index contributed by atoms with van der Waals surface area (Å²) >= 11 is 5.84. The highest BCUT2D eigenvalue weighted by molar-refractivity contribution is 6.30. The first kappa shape index (κ1) is 18.7. The zero-order chi connectivity index (χ0) is 17.7. The zero-order valence-electron chi connectivity index (χ0n) is 14.2. The summed E-state index contributed by atoms with van der Waals surface area (Å²) in [4.78, 5) is 25.0. The predicted molar refractivity (Wildman–Crippen MR) is 95.9 cm³/mol. The van der Waals surface area contributed by atoms with Gasteiger partial charge in [-0.05, 0) is 55.4 Å². The molecule has 0 aliphatic heterocycles.